The molecule has 1 aliphatic rings. The summed E-state index contributed by atoms with van der Waals surface area (Å²) in [5, 5.41) is 0. The zero-order valence-corrected chi connectivity index (χ0v) is 11.4. The Kier molecular flexibility index (Phi) is 3.78. The van der Waals surface area contributed by atoms with Crippen molar-refractivity contribution in [2.24, 2.45) is 0 Å². The summed E-state index contributed by atoms with van der Waals surface area (Å²) in [5.41, 5.74) is 1.18. The van der Waals surface area contributed by atoms with Gasteiger partial charge in [-0.25, -0.2) is 4.98 Å². The summed E-state index contributed by atoms with van der Waals surface area (Å²) < 4.78 is 11.0. The molecular weight excluding hydrogens is 254 g/mol. The monoisotopic (exact) mass is 271 g/mol. The van der Waals surface area contributed by atoms with Crippen LogP contribution in [-0.2, 0) is 4.74 Å². The molecule has 0 amide bonds. The van der Waals surface area contributed by atoms with Crippen molar-refractivity contribution in [2.75, 3.05) is 31.7 Å². The Labute approximate surface area is 118 Å². The van der Waals surface area contributed by atoms with E-state index in [2.05, 4.69) is 27.0 Å². The number of nitrogens with zero attached hydrogens (tertiary/aromatic N) is 3. The Morgan fingerprint density at radius 1 is 1.25 bits per heavy atom. The predicted molar refractivity (Wildman–Crippen MR) is 75.9 cm³/mol. The van der Waals surface area contributed by atoms with Crippen LogP contribution in [0.5, 0.6) is 5.88 Å². The van der Waals surface area contributed by atoms with Crippen LogP contribution in [0.25, 0.3) is 0 Å². The third-order valence-electron chi connectivity index (χ3n) is 3.35. The fourth-order valence-electron chi connectivity index (χ4n) is 2.30. The van der Waals surface area contributed by atoms with Gasteiger partial charge in [0.15, 0.2) is 0 Å². The van der Waals surface area contributed by atoms with Crippen LogP contribution >= 0.6 is 0 Å². The minimum atomic E-state index is 0.0553. The highest BCUT2D eigenvalue weighted by Gasteiger charge is 2.23. The Morgan fingerprint density at radius 2 is 2.10 bits per heavy atom. The first-order valence-electron chi connectivity index (χ1n) is 6.65. The zero-order chi connectivity index (χ0) is 13.8. The number of anilines is 1. The molecule has 0 bridgehead atoms. The molecule has 1 aliphatic heterocycles. The molecule has 1 aromatic heterocycles. The van der Waals surface area contributed by atoms with E-state index in [1.54, 1.807) is 19.4 Å². The van der Waals surface area contributed by atoms with Gasteiger partial charge in [0.1, 0.15) is 6.10 Å². The zero-order valence-electron chi connectivity index (χ0n) is 11.4. The number of ether oxygens (including phenoxy) is 2. The number of aromatic nitrogens is 2. The van der Waals surface area contributed by atoms with Crippen LogP contribution in [-0.4, -0.2) is 36.8 Å². The molecule has 3 rings (SSSR count). The van der Waals surface area contributed by atoms with E-state index in [9.17, 15) is 0 Å². The molecule has 0 saturated carbocycles. The fourth-order valence-corrected chi connectivity index (χ4v) is 2.30. The van der Waals surface area contributed by atoms with Crippen LogP contribution < -0.4 is 9.64 Å². The van der Waals surface area contributed by atoms with Gasteiger partial charge in [-0.2, -0.15) is 4.98 Å². The lowest BCUT2D eigenvalue weighted by molar-refractivity contribution is 0.0392. The van der Waals surface area contributed by atoms with Gasteiger partial charge in [0, 0.05) is 18.8 Å². The molecule has 0 radical (unpaired) electrons. The molecule has 20 heavy (non-hydrogen) atoms. The van der Waals surface area contributed by atoms with Crippen LogP contribution in [0.3, 0.4) is 0 Å². The summed E-state index contributed by atoms with van der Waals surface area (Å²) in [7, 11) is 1.61. The van der Waals surface area contributed by atoms with Gasteiger partial charge in [-0.15, -0.1) is 0 Å². The number of benzene rings is 1. The number of rotatable bonds is 3. The SMILES string of the molecule is COc1ccnc(N2CCOC(c3ccccc3)C2)n1. The summed E-state index contributed by atoms with van der Waals surface area (Å²) in [6, 6.07) is 12.0. The Bertz CT molecular complexity index is 562. The van der Waals surface area contributed by atoms with E-state index in [0.717, 1.165) is 13.1 Å². The Morgan fingerprint density at radius 3 is 2.90 bits per heavy atom. The summed E-state index contributed by atoms with van der Waals surface area (Å²) in [6.07, 6.45) is 1.77. The third-order valence-corrected chi connectivity index (χ3v) is 3.35. The molecule has 0 aliphatic carbocycles. The lowest BCUT2D eigenvalue weighted by Crippen LogP contribution is -2.39. The minimum absolute atomic E-state index is 0.0553. The van der Waals surface area contributed by atoms with Crippen molar-refractivity contribution in [1.82, 2.24) is 9.97 Å². The van der Waals surface area contributed by atoms with Gasteiger partial charge in [-0.3, -0.25) is 0 Å². The third kappa shape index (κ3) is 2.72. The summed E-state index contributed by atoms with van der Waals surface area (Å²) in [5.74, 6) is 1.27. The van der Waals surface area contributed by atoms with Gasteiger partial charge in [0.2, 0.25) is 11.8 Å². The molecule has 1 unspecified atom stereocenters. The predicted octanol–water partition coefficient (Wildman–Crippen LogP) is 2.06. The second kappa shape index (κ2) is 5.88. The quantitative estimate of drug-likeness (QED) is 0.855. The molecule has 104 valence electrons. The lowest BCUT2D eigenvalue weighted by Gasteiger charge is -2.33. The molecule has 5 heteroatoms. The van der Waals surface area contributed by atoms with Gasteiger partial charge in [0.05, 0.1) is 20.3 Å². The van der Waals surface area contributed by atoms with E-state index >= 15 is 0 Å². The van der Waals surface area contributed by atoms with Crippen molar-refractivity contribution in [1.29, 1.82) is 0 Å². The van der Waals surface area contributed by atoms with Gasteiger partial charge >= 0.3 is 0 Å². The van der Waals surface area contributed by atoms with Crippen LogP contribution in [0.1, 0.15) is 11.7 Å². The summed E-state index contributed by atoms with van der Waals surface area (Å²) in [6.45, 7) is 2.20. The van der Waals surface area contributed by atoms with Gasteiger partial charge < -0.3 is 14.4 Å². The number of hydrogen-bond donors (Lipinski definition) is 0. The van der Waals surface area contributed by atoms with E-state index in [1.807, 2.05) is 18.2 Å². The van der Waals surface area contributed by atoms with Crippen LogP contribution in [0, 0.1) is 0 Å². The van der Waals surface area contributed by atoms with E-state index in [1.165, 1.54) is 5.56 Å². The normalized spacial score (nSPS) is 18.9. The molecule has 1 atom stereocenters. The lowest BCUT2D eigenvalue weighted by atomic mass is 10.1. The first kappa shape index (κ1) is 12.9. The Hall–Kier alpha value is -2.14. The number of hydrogen-bond acceptors (Lipinski definition) is 5. The highest BCUT2D eigenvalue weighted by Crippen LogP contribution is 2.24. The summed E-state index contributed by atoms with van der Waals surface area (Å²) >= 11 is 0. The van der Waals surface area contributed by atoms with Crippen LogP contribution in [0.4, 0.5) is 5.95 Å². The molecule has 1 fully saturated rings. The van der Waals surface area contributed by atoms with E-state index < -0.39 is 0 Å². The largest absolute Gasteiger partial charge is 0.481 e. The molecular formula is C15H17N3O2. The van der Waals surface area contributed by atoms with Crippen molar-refractivity contribution in [3.63, 3.8) is 0 Å². The average Bonchev–Trinajstić information content (AvgIpc) is 2.56. The fraction of sp³-hybridized carbons (Fsp3) is 0.333. The molecule has 0 spiro atoms. The smallest absolute Gasteiger partial charge is 0.228 e. The molecule has 0 N–H and O–H groups in total. The topological polar surface area (TPSA) is 47.5 Å². The van der Waals surface area contributed by atoms with Crippen molar-refractivity contribution in [2.45, 2.75) is 6.10 Å². The van der Waals surface area contributed by atoms with Gasteiger partial charge in [0.25, 0.3) is 0 Å². The van der Waals surface area contributed by atoms with E-state index in [-0.39, 0.29) is 6.10 Å². The maximum atomic E-state index is 5.84. The maximum Gasteiger partial charge on any atom is 0.228 e. The molecule has 5 nitrogen and oxygen atoms in total. The molecule has 1 aromatic carbocycles. The molecule has 2 heterocycles. The van der Waals surface area contributed by atoms with Crippen molar-refractivity contribution in [3.8, 4) is 5.88 Å². The average molecular weight is 271 g/mol. The van der Waals surface area contributed by atoms with Crippen LogP contribution in [0.15, 0.2) is 42.6 Å². The molecule has 1 saturated heterocycles. The van der Waals surface area contributed by atoms with Crippen molar-refractivity contribution < 1.29 is 9.47 Å². The van der Waals surface area contributed by atoms with E-state index in [4.69, 9.17) is 9.47 Å². The second-order valence-corrected chi connectivity index (χ2v) is 4.62. The molecule has 2 aromatic rings. The van der Waals surface area contributed by atoms with Crippen LogP contribution in [0.2, 0.25) is 0 Å². The number of methoxy groups -OCH3 is 1. The van der Waals surface area contributed by atoms with Crippen molar-refractivity contribution >= 4 is 5.95 Å². The highest BCUT2D eigenvalue weighted by atomic mass is 16.5. The van der Waals surface area contributed by atoms with Gasteiger partial charge in [-0.1, -0.05) is 30.3 Å². The highest BCUT2D eigenvalue weighted by molar-refractivity contribution is 5.34. The first-order chi connectivity index (χ1) is 9.86. The maximum absolute atomic E-state index is 5.84. The second-order valence-electron chi connectivity index (χ2n) is 4.62. The summed E-state index contributed by atoms with van der Waals surface area (Å²) in [4.78, 5) is 10.8. The minimum Gasteiger partial charge on any atom is -0.481 e. The Balaban J connectivity index is 1.78. The van der Waals surface area contributed by atoms with Gasteiger partial charge in [-0.05, 0) is 5.56 Å². The number of morpholine rings is 1. The van der Waals surface area contributed by atoms with E-state index in [0.29, 0.717) is 18.4 Å². The first-order valence-corrected chi connectivity index (χ1v) is 6.65. The standard InChI is InChI=1S/C15H17N3O2/c1-19-14-7-8-16-15(17-14)18-9-10-20-13(11-18)12-5-3-2-4-6-12/h2-8,13H,9-11H2,1H3. The van der Waals surface area contributed by atoms with Crippen molar-refractivity contribution in [3.05, 3.63) is 48.2 Å².